The number of nitrogens with one attached hydrogen (secondary N) is 2. The largest absolute Gasteiger partial charge is 0.493 e. The van der Waals surface area contributed by atoms with Crippen molar-refractivity contribution in [2.45, 2.75) is 37.9 Å². The van der Waals surface area contributed by atoms with Crippen molar-refractivity contribution < 1.29 is 40.7 Å². The third kappa shape index (κ3) is 6.14. The molecule has 2 aliphatic rings. The summed E-state index contributed by atoms with van der Waals surface area (Å²) in [5.74, 6) is -1.74. The van der Waals surface area contributed by atoms with Gasteiger partial charge in [0.25, 0.3) is 5.91 Å². The Morgan fingerprint density at radius 3 is 2.73 bits per heavy atom. The molecule has 0 radical (unpaired) electrons. The highest BCUT2D eigenvalue weighted by atomic mass is 32.2. The number of anilines is 1. The molecule has 41 heavy (non-hydrogen) atoms. The van der Waals surface area contributed by atoms with Crippen LogP contribution in [0.5, 0.6) is 11.5 Å². The van der Waals surface area contributed by atoms with Crippen molar-refractivity contribution >= 4 is 27.5 Å². The molecule has 0 fully saturated rings. The summed E-state index contributed by atoms with van der Waals surface area (Å²) in [6.45, 7) is 0.631. The van der Waals surface area contributed by atoms with Crippen molar-refractivity contribution in [2.75, 3.05) is 30.5 Å². The minimum absolute atomic E-state index is 0.0293. The maximum absolute atomic E-state index is 13.7. The van der Waals surface area contributed by atoms with Crippen LogP contribution < -0.4 is 20.1 Å². The molecule has 2 aliphatic heterocycles. The summed E-state index contributed by atoms with van der Waals surface area (Å²) in [7, 11) is -3.66. The number of fused-ring (bicyclic) bond motifs is 3. The second kappa shape index (κ2) is 10.4. The van der Waals surface area contributed by atoms with E-state index in [-0.39, 0.29) is 41.7 Å². The molecule has 0 unspecified atom stereocenters. The number of carbonyl (C=O) groups is 2. The fourth-order valence-electron chi connectivity index (χ4n) is 4.98. The highest BCUT2D eigenvalue weighted by Gasteiger charge is 2.45. The number of carbonyl (C=O) groups excluding carboxylic acids is 2. The van der Waals surface area contributed by atoms with Crippen LogP contribution >= 0.6 is 0 Å². The monoisotopic (exact) mass is 593 g/mol. The molecule has 2 N–H and O–H groups in total. The molecule has 0 bridgehead atoms. The summed E-state index contributed by atoms with van der Waals surface area (Å²) in [4.78, 5) is 30.7. The summed E-state index contributed by atoms with van der Waals surface area (Å²) in [6, 6.07) is 7.72. The number of aryl methyl sites for hydroxylation is 1. The Balaban J connectivity index is 1.56. The first-order valence-corrected chi connectivity index (χ1v) is 14.6. The Kier molecular flexibility index (Phi) is 7.17. The number of rotatable bonds is 6. The maximum Gasteiger partial charge on any atom is 0.422 e. The molecule has 0 aliphatic carbocycles. The average molecular weight is 594 g/mol. The number of sulfone groups is 1. The van der Waals surface area contributed by atoms with E-state index in [1.807, 2.05) is 6.92 Å². The van der Waals surface area contributed by atoms with E-state index < -0.39 is 45.7 Å². The molecular weight excluding hydrogens is 567 g/mol. The highest BCUT2D eigenvalue weighted by Crippen LogP contribution is 2.44. The van der Waals surface area contributed by atoms with E-state index in [0.717, 1.165) is 11.8 Å². The number of hydrogen-bond donors (Lipinski definition) is 2. The molecule has 15 heteroatoms. The summed E-state index contributed by atoms with van der Waals surface area (Å²) >= 11 is 0. The fraction of sp³-hybridized carbons (Fsp3) is 0.385. The van der Waals surface area contributed by atoms with Gasteiger partial charge in [-0.15, -0.1) is 0 Å². The Hall–Kier alpha value is -4.14. The third-order valence-corrected chi connectivity index (χ3v) is 7.43. The summed E-state index contributed by atoms with van der Waals surface area (Å²) in [5.41, 5.74) is 0.747. The molecule has 5 rings (SSSR count). The lowest BCUT2D eigenvalue weighted by Gasteiger charge is -2.37. The number of pyridine rings is 1. The van der Waals surface area contributed by atoms with Crippen molar-refractivity contribution in [3.63, 3.8) is 0 Å². The zero-order valence-electron chi connectivity index (χ0n) is 22.0. The quantitative estimate of drug-likeness (QED) is 0.445. The minimum Gasteiger partial charge on any atom is -0.493 e. The molecule has 218 valence electrons. The summed E-state index contributed by atoms with van der Waals surface area (Å²) in [5, 5.41) is 10.2. The lowest BCUT2D eigenvalue weighted by molar-refractivity contribution is -0.153. The zero-order valence-corrected chi connectivity index (χ0v) is 22.9. The number of nitrogens with zero attached hydrogens (tertiary/aromatic N) is 3. The predicted molar refractivity (Wildman–Crippen MR) is 140 cm³/mol. The van der Waals surface area contributed by atoms with E-state index in [1.54, 1.807) is 24.4 Å². The molecule has 1 atom stereocenters. The van der Waals surface area contributed by atoms with E-state index in [0.29, 0.717) is 24.1 Å². The molecule has 0 saturated carbocycles. The lowest BCUT2D eigenvalue weighted by atomic mass is 9.78. The Labute approximate surface area is 233 Å². The van der Waals surface area contributed by atoms with Gasteiger partial charge in [-0.25, -0.2) is 13.4 Å². The number of aromatic nitrogens is 3. The SMILES string of the molecule is Cc1ccc(-n2nc3c(c2NC(=O)CS(C)(=O)=O)C(=O)N[C@@]2(CCCOc4cc(OCC(F)(F)F)ccc42)C3)nc1. The molecule has 11 nitrogen and oxygen atoms in total. The van der Waals surface area contributed by atoms with Gasteiger partial charge in [0.15, 0.2) is 28.1 Å². The van der Waals surface area contributed by atoms with Crippen LogP contribution in [0.25, 0.3) is 5.82 Å². The molecule has 0 saturated heterocycles. The Bertz CT molecular complexity index is 1620. The summed E-state index contributed by atoms with van der Waals surface area (Å²) < 4.78 is 73.5. The van der Waals surface area contributed by atoms with Gasteiger partial charge in [-0.1, -0.05) is 6.07 Å². The van der Waals surface area contributed by atoms with E-state index in [1.165, 1.54) is 16.8 Å². The van der Waals surface area contributed by atoms with Gasteiger partial charge in [-0.05, 0) is 43.5 Å². The van der Waals surface area contributed by atoms with Gasteiger partial charge in [0.1, 0.15) is 22.8 Å². The molecule has 1 aromatic carbocycles. The molecule has 2 aromatic heterocycles. The van der Waals surface area contributed by atoms with Crippen LogP contribution in [0, 0.1) is 6.92 Å². The minimum atomic E-state index is -4.51. The van der Waals surface area contributed by atoms with Crippen LogP contribution in [0.15, 0.2) is 36.5 Å². The Morgan fingerprint density at radius 1 is 1.27 bits per heavy atom. The second-order valence-electron chi connectivity index (χ2n) is 10.1. The van der Waals surface area contributed by atoms with Crippen LogP contribution in [0.4, 0.5) is 19.0 Å². The van der Waals surface area contributed by atoms with E-state index in [4.69, 9.17) is 9.47 Å². The van der Waals surface area contributed by atoms with E-state index in [9.17, 15) is 31.2 Å². The number of halogens is 3. The van der Waals surface area contributed by atoms with E-state index >= 15 is 0 Å². The number of benzene rings is 1. The average Bonchev–Trinajstić information content (AvgIpc) is 3.12. The predicted octanol–water partition coefficient (Wildman–Crippen LogP) is 2.85. The number of ether oxygens (including phenoxy) is 2. The van der Waals surface area contributed by atoms with Crippen molar-refractivity contribution in [3.8, 4) is 17.3 Å². The first-order valence-electron chi connectivity index (χ1n) is 12.5. The molecular formula is C26H26F3N5O6S. The van der Waals surface area contributed by atoms with Gasteiger partial charge in [0.2, 0.25) is 5.91 Å². The van der Waals surface area contributed by atoms with Gasteiger partial charge in [-0.3, -0.25) is 9.59 Å². The van der Waals surface area contributed by atoms with Crippen LogP contribution in [0.1, 0.15) is 40.0 Å². The first kappa shape index (κ1) is 28.4. The van der Waals surface area contributed by atoms with Gasteiger partial charge < -0.3 is 20.1 Å². The van der Waals surface area contributed by atoms with Crippen molar-refractivity contribution in [2.24, 2.45) is 0 Å². The maximum atomic E-state index is 13.7. The van der Waals surface area contributed by atoms with Gasteiger partial charge >= 0.3 is 6.18 Å². The number of alkyl halides is 3. The van der Waals surface area contributed by atoms with Crippen molar-refractivity contribution in [1.29, 1.82) is 0 Å². The number of amides is 2. The molecule has 2 amide bonds. The third-order valence-electron chi connectivity index (χ3n) is 6.65. The number of hydrogen-bond acceptors (Lipinski definition) is 8. The first-order chi connectivity index (χ1) is 19.2. The smallest absolute Gasteiger partial charge is 0.422 e. The van der Waals surface area contributed by atoms with Gasteiger partial charge in [-0.2, -0.15) is 23.0 Å². The normalized spacial score (nSPS) is 18.5. The van der Waals surface area contributed by atoms with Gasteiger partial charge in [0.05, 0.1) is 17.8 Å². The molecule has 4 heterocycles. The molecule has 3 aromatic rings. The second-order valence-corrected chi connectivity index (χ2v) is 12.3. The van der Waals surface area contributed by atoms with Crippen molar-refractivity contribution in [1.82, 2.24) is 20.1 Å². The van der Waals surface area contributed by atoms with Crippen LogP contribution in [0.3, 0.4) is 0 Å². The van der Waals surface area contributed by atoms with E-state index in [2.05, 4.69) is 20.7 Å². The molecule has 1 spiro atoms. The standard InChI is InChI=1S/C26H26F3N5O6S/c1-15-4-7-20(30-12-15)34-23(31-21(35)13-41(2,37)38)22-18(33-34)11-25(32-24(22)36)8-3-9-39-19-10-16(5-6-17(19)25)40-14-26(27,28)29/h4-7,10,12H,3,8-9,11,13-14H2,1-2H3,(H,31,35)(H,32,36)/t25-/m0/s1. The Morgan fingerprint density at radius 2 is 2.05 bits per heavy atom. The topological polar surface area (TPSA) is 142 Å². The highest BCUT2D eigenvalue weighted by molar-refractivity contribution is 7.91. The zero-order chi connectivity index (χ0) is 29.6. The lowest BCUT2D eigenvalue weighted by Crippen LogP contribution is -2.51. The van der Waals surface area contributed by atoms with Crippen LogP contribution in [-0.2, 0) is 26.6 Å². The van der Waals surface area contributed by atoms with Gasteiger partial charge in [0, 0.05) is 30.5 Å². The fourth-order valence-corrected chi connectivity index (χ4v) is 5.53. The van der Waals surface area contributed by atoms with Crippen LogP contribution in [-0.4, -0.2) is 66.4 Å². The van der Waals surface area contributed by atoms with Crippen molar-refractivity contribution in [3.05, 3.63) is 58.9 Å². The summed E-state index contributed by atoms with van der Waals surface area (Å²) in [6.07, 6.45) is -0.913. The van der Waals surface area contributed by atoms with Crippen LogP contribution in [0.2, 0.25) is 0 Å².